The van der Waals surface area contributed by atoms with Gasteiger partial charge < -0.3 is 20.1 Å². The molecule has 0 unspecified atom stereocenters. The number of amides is 4. The highest BCUT2D eigenvalue weighted by atomic mass is 16.5. The second-order valence-corrected chi connectivity index (χ2v) is 10.4. The molecule has 0 spiro atoms. The third-order valence-electron chi connectivity index (χ3n) is 7.84. The fourth-order valence-corrected chi connectivity index (χ4v) is 5.67. The maximum Gasteiger partial charge on any atom is 0.292 e. The summed E-state index contributed by atoms with van der Waals surface area (Å²) in [5.74, 6) is 0.507. The minimum Gasteiger partial charge on any atom is -0.496 e. The van der Waals surface area contributed by atoms with Gasteiger partial charge in [-0.2, -0.15) is 0 Å². The molecule has 2 aliphatic heterocycles. The van der Waals surface area contributed by atoms with E-state index in [1.54, 1.807) is 38.5 Å². The summed E-state index contributed by atoms with van der Waals surface area (Å²) in [5, 5.41) is 3.79. The Morgan fingerprint density at radius 1 is 0.619 bits per heavy atom. The number of carbonyl (C=O) groups is 4. The summed E-state index contributed by atoms with van der Waals surface area (Å²) in [5.41, 5.74) is 2.94. The Hall–Kier alpha value is -4.54. The van der Waals surface area contributed by atoms with Gasteiger partial charge in [0.1, 0.15) is 11.5 Å². The lowest BCUT2D eigenvalue weighted by molar-refractivity contribution is -0.674. The molecule has 0 aliphatic carbocycles. The third kappa shape index (κ3) is 6.05. The molecule has 4 amide bonds. The first-order valence-electron chi connectivity index (χ1n) is 14.2. The van der Waals surface area contributed by atoms with Gasteiger partial charge in [-0.25, -0.2) is 9.80 Å². The number of nitrogens with two attached hydrogens (primary N) is 2. The van der Waals surface area contributed by atoms with Crippen molar-refractivity contribution in [3.8, 4) is 11.5 Å². The number of benzene rings is 3. The molecule has 2 aliphatic rings. The van der Waals surface area contributed by atoms with Crippen molar-refractivity contribution in [2.24, 2.45) is 0 Å². The predicted octanol–water partition coefficient (Wildman–Crippen LogP) is 0.580. The summed E-state index contributed by atoms with van der Waals surface area (Å²) >= 11 is 0. The van der Waals surface area contributed by atoms with E-state index in [0.717, 1.165) is 22.6 Å². The largest absolute Gasteiger partial charge is 0.496 e. The van der Waals surface area contributed by atoms with E-state index in [-0.39, 0.29) is 36.5 Å². The lowest BCUT2D eigenvalue weighted by Crippen LogP contribution is -2.92. The number of ether oxygens (including phenoxy) is 2. The number of hydrogen-bond donors (Lipinski definition) is 2. The molecule has 10 nitrogen and oxygen atoms in total. The van der Waals surface area contributed by atoms with Crippen LogP contribution in [0.3, 0.4) is 0 Å². The first kappa shape index (κ1) is 29.0. The zero-order valence-corrected chi connectivity index (χ0v) is 23.8. The fourth-order valence-electron chi connectivity index (χ4n) is 5.67. The average Bonchev–Trinajstić information content (AvgIpc) is 3.45. The van der Waals surface area contributed by atoms with Gasteiger partial charge in [-0.05, 0) is 47.5 Å². The van der Waals surface area contributed by atoms with Gasteiger partial charge in [0.2, 0.25) is 11.8 Å². The van der Waals surface area contributed by atoms with Crippen LogP contribution in [0.5, 0.6) is 11.5 Å². The fraction of sp³-hybridized carbons (Fsp3) is 0.312. The van der Waals surface area contributed by atoms with Crippen LogP contribution in [-0.2, 0) is 32.0 Å². The second kappa shape index (κ2) is 13.0. The van der Waals surface area contributed by atoms with Crippen LogP contribution in [0.15, 0.2) is 72.8 Å². The Morgan fingerprint density at radius 2 is 1.00 bits per heavy atom. The summed E-state index contributed by atoms with van der Waals surface area (Å²) in [6.07, 6.45) is 1.63. The maximum atomic E-state index is 13.1. The van der Waals surface area contributed by atoms with Gasteiger partial charge in [0.15, 0.2) is 12.1 Å². The Bertz CT molecular complexity index is 1360. The Balaban J connectivity index is 1.17. The number of imide groups is 2. The van der Waals surface area contributed by atoms with Gasteiger partial charge in [0.25, 0.3) is 11.8 Å². The van der Waals surface area contributed by atoms with Crippen LogP contribution in [0.25, 0.3) is 0 Å². The molecular formula is C32H36N4O6+2. The van der Waals surface area contributed by atoms with Crippen LogP contribution >= 0.6 is 0 Å². The molecule has 2 saturated heterocycles. The molecule has 42 heavy (non-hydrogen) atoms. The molecule has 2 atom stereocenters. The van der Waals surface area contributed by atoms with E-state index in [4.69, 9.17) is 9.47 Å². The Labute approximate surface area is 244 Å². The quantitative estimate of drug-likeness (QED) is 0.306. The minimum atomic E-state index is -0.499. The lowest BCUT2D eigenvalue weighted by atomic mass is 10.1. The number of hydrogen-bond acceptors (Lipinski definition) is 6. The van der Waals surface area contributed by atoms with E-state index in [1.165, 1.54) is 9.80 Å². The van der Waals surface area contributed by atoms with Crippen molar-refractivity contribution in [3.05, 3.63) is 83.9 Å². The molecule has 3 aromatic carbocycles. The van der Waals surface area contributed by atoms with E-state index in [1.807, 2.05) is 59.2 Å². The average molecular weight is 573 g/mol. The van der Waals surface area contributed by atoms with Crippen molar-refractivity contribution in [3.63, 3.8) is 0 Å². The van der Waals surface area contributed by atoms with Crippen molar-refractivity contribution >= 4 is 35.0 Å². The van der Waals surface area contributed by atoms with Crippen LogP contribution < -0.4 is 29.9 Å². The molecule has 10 heteroatoms. The summed E-state index contributed by atoms with van der Waals surface area (Å²) < 4.78 is 10.8. The van der Waals surface area contributed by atoms with Crippen LogP contribution in [0.1, 0.15) is 24.0 Å². The van der Waals surface area contributed by atoms with E-state index in [2.05, 4.69) is 0 Å². The highest BCUT2D eigenvalue weighted by Gasteiger charge is 2.44. The zero-order valence-electron chi connectivity index (χ0n) is 23.8. The molecule has 0 aromatic heterocycles. The minimum absolute atomic E-state index is 0.113. The number of carbonyl (C=O) groups excluding carboxylic acids is 4. The van der Waals surface area contributed by atoms with Gasteiger partial charge in [0, 0.05) is 12.8 Å². The van der Waals surface area contributed by atoms with Crippen molar-refractivity contribution < 1.29 is 39.3 Å². The van der Waals surface area contributed by atoms with Crippen molar-refractivity contribution in [2.75, 3.05) is 37.1 Å². The number of rotatable bonds is 12. The molecule has 5 rings (SSSR count). The smallest absolute Gasteiger partial charge is 0.292 e. The SMILES string of the molecule is COc1ccccc1CC[NH2+][C@H]1CC(=O)N(c2ccc(N3C(=O)C[C@H]([NH2+]CCc4ccccc4OC)C3=O)cc2)C1=O. The van der Waals surface area contributed by atoms with Gasteiger partial charge in [-0.15, -0.1) is 0 Å². The number of quaternary nitrogens is 2. The van der Waals surface area contributed by atoms with Crippen LogP contribution in [0.4, 0.5) is 11.4 Å². The molecule has 3 aromatic rings. The summed E-state index contributed by atoms with van der Waals surface area (Å²) in [4.78, 5) is 54.2. The molecule has 0 radical (unpaired) electrons. The number of nitrogens with zero attached hydrogens (tertiary/aromatic N) is 2. The standard InChI is InChI=1S/C32H34N4O6/c1-41-27-9-5-3-7-21(27)15-17-33-25-19-29(37)35(31(25)39)23-11-13-24(14-12-23)36-30(38)20-26(32(36)40)34-18-16-22-8-4-6-10-28(22)42-2/h3-14,25-26,33-34H,15-20H2,1-2H3/p+2/t25-,26-/m0/s1. The van der Waals surface area contributed by atoms with Crippen molar-refractivity contribution in [1.82, 2.24) is 0 Å². The predicted molar refractivity (Wildman–Crippen MR) is 155 cm³/mol. The Kier molecular flexibility index (Phi) is 8.94. The first-order chi connectivity index (χ1) is 20.4. The lowest BCUT2D eigenvalue weighted by Gasteiger charge is -2.18. The summed E-state index contributed by atoms with van der Waals surface area (Å²) in [7, 11) is 3.25. The second-order valence-electron chi connectivity index (χ2n) is 10.4. The molecule has 2 fully saturated rings. The van der Waals surface area contributed by atoms with Gasteiger partial charge in [0.05, 0.1) is 51.5 Å². The molecule has 2 heterocycles. The van der Waals surface area contributed by atoms with Gasteiger partial charge in [-0.3, -0.25) is 19.2 Å². The van der Waals surface area contributed by atoms with Gasteiger partial charge >= 0.3 is 0 Å². The summed E-state index contributed by atoms with van der Waals surface area (Å²) in [6.45, 7) is 1.26. The zero-order chi connectivity index (χ0) is 29.6. The van der Waals surface area contributed by atoms with Crippen molar-refractivity contribution in [2.45, 2.75) is 37.8 Å². The van der Waals surface area contributed by atoms with Gasteiger partial charge in [-0.1, -0.05) is 36.4 Å². The van der Waals surface area contributed by atoms with E-state index in [9.17, 15) is 19.2 Å². The normalized spacial score (nSPS) is 18.7. The van der Waals surface area contributed by atoms with Crippen LogP contribution in [0, 0.1) is 0 Å². The highest BCUT2D eigenvalue weighted by Crippen LogP contribution is 2.28. The molecular weight excluding hydrogens is 536 g/mol. The van der Waals surface area contributed by atoms with Crippen LogP contribution in [0.2, 0.25) is 0 Å². The third-order valence-corrected chi connectivity index (χ3v) is 7.84. The number of anilines is 2. The van der Waals surface area contributed by atoms with E-state index >= 15 is 0 Å². The molecule has 0 bridgehead atoms. The first-order valence-corrected chi connectivity index (χ1v) is 14.2. The highest BCUT2D eigenvalue weighted by molar-refractivity contribution is 6.23. The van der Waals surface area contributed by atoms with E-state index in [0.29, 0.717) is 37.3 Å². The summed E-state index contributed by atoms with van der Waals surface area (Å²) in [6, 6.07) is 20.9. The topological polar surface area (TPSA) is 126 Å². The number of para-hydroxylation sites is 2. The molecule has 4 N–H and O–H groups in total. The van der Waals surface area contributed by atoms with Crippen molar-refractivity contribution in [1.29, 1.82) is 0 Å². The number of methoxy groups -OCH3 is 2. The van der Waals surface area contributed by atoms with Crippen LogP contribution in [-0.4, -0.2) is 63.0 Å². The van der Waals surface area contributed by atoms with E-state index < -0.39 is 12.1 Å². The maximum absolute atomic E-state index is 13.1. The molecule has 218 valence electrons. The monoisotopic (exact) mass is 572 g/mol. The Morgan fingerprint density at radius 3 is 1.38 bits per heavy atom. The molecule has 0 saturated carbocycles.